The molecule has 3 rings (SSSR count). The van der Waals surface area contributed by atoms with Crippen LogP contribution >= 0.6 is 0 Å². The highest BCUT2D eigenvalue weighted by atomic mass is 32.2. The van der Waals surface area contributed by atoms with E-state index in [0.717, 1.165) is 21.5 Å². The summed E-state index contributed by atoms with van der Waals surface area (Å²) in [7, 11) is -2.64. The minimum Gasteiger partial charge on any atom is -0.352 e. The predicted octanol–water partition coefficient (Wildman–Crippen LogP) is 3.93. The van der Waals surface area contributed by atoms with Gasteiger partial charge in [-0.25, -0.2) is 12.8 Å². The van der Waals surface area contributed by atoms with Crippen LogP contribution in [0.3, 0.4) is 0 Å². The number of nitrogens with zero attached hydrogens (tertiary/aromatic N) is 2. The van der Waals surface area contributed by atoms with Gasteiger partial charge >= 0.3 is 0 Å². The Morgan fingerprint density at radius 2 is 1.61 bits per heavy atom. The minimum absolute atomic E-state index is 0.0259. The van der Waals surface area contributed by atoms with E-state index in [-0.39, 0.29) is 23.4 Å². The average Bonchev–Trinajstić information content (AvgIpc) is 2.87. The first-order valence-electron chi connectivity index (χ1n) is 11.8. The third-order valence-corrected chi connectivity index (χ3v) is 8.02. The van der Waals surface area contributed by atoms with Crippen molar-refractivity contribution in [3.8, 4) is 0 Å². The summed E-state index contributed by atoms with van der Waals surface area (Å²) in [6.45, 7) is 4.96. The zero-order valence-corrected chi connectivity index (χ0v) is 21.8. The van der Waals surface area contributed by atoms with E-state index in [2.05, 4.69) is 5.32 Å². The predicted molar refractivity (Wildman–Crippen MR) is 138 cm³/mol. The van der Waals surface area contributed by atoms with E-state index in [1.54, 1.807) is 19.1 Å². The molecule has 1 N–H and O–H groups in total. The van der Waals surface area contributed by atoms with E-state index in [9.17, 15) is 22.4 Å². The number of nitrogens with one attached hydrogen (secondary N) is 1. The quantitative estimate of drug-likeness (QED) is 0.445. The normalized spacial score (nSPS) is 13.4. The molecule has 0 unspecified atom stereocenters. The second-order valence-electron chi connectivity index (χ2n) is 8.91. The summed E-state index contributed by atoms with van der Waals surface area (Å²) < 4.78 is 40.9. The van der Waals surface area contributed by atoms with Crippen molar-refractivity contribution in [2.45, 2.75) is 50.7 Å². The van der Waals surface area contributed by atoms with Crippen molar-refractivity contribution < 1.29 is 22.4 Å². The number of fused-ring (bicyclic) bond motifs is 1. The number of hydrogen-bond donors (Lipinski definition) is 1. The molecule has 0 fully saturated rings. The first-order chi connectivity index (χ1) is 17.0. The summed E-state index contributed by atoms with van der Waals surface area (Å²) in [5.41, 5.74) is 0.618. The second-order valence-corrected chi connectivity index (χ2v) is 11.0. The van der Waals surface area contributed by atoms with Crippen molar-refractivity contribution in [3.05, 3.63) is 78.1 Å². The molecule has 0 radical (unpaired) electrons. The van der Waals surface area contributed by atoms with Crippen molar-refractivity contribution in [1.29, 1.82) is 0 Å². The van der Waals surface area contributed by atoms with Crippen LogP contribution in [0.5, 0.6) is 0 Å². The van der Waals surface area contributed by atoms with Crippen LogP contribution in [0.25, 0.3) is 10.8 Å². The number of amides is 2. The fraction of sp³-hybridized carbons (Fsp3) is 0.333. The third kappa shape index (κ3) is 6.47. The van der Waals surface area contributed by atoms with E-state index in [0.29, 0.717) is 5.56 Å². The Morgan fingerprint density at radius 1 is 0.972 bits per heavy atom. The summed E-state index contributed by atoms with van der Waals surface area (Å²) >= 11 is 0. The van der Waals surface area contributed by atoms with Gasteiger partial charge in [0.25, 0.3) is 0 Å². The number of halogens is 1. The molecular weight excluding hydrogens is 481 g/mol. The van der Waals surface area contributed by atoms with Crippen LogP contribution in [0.4, 0.5) is 4.39 Å². The number of carbonyl (C=O) groups is 2. The van der Waals surface area contributed by atoms with E-state index in [1.165, 1.54) is 42.3 Å². The summed E-state index contributed by atoms with van der Waals surface area (Å²) in [6, 6.07) is 16.9. The standard InChI is InChI=1S/C27H32FN3O4S/c1-5-19(2)29-27(33)20(3)31(17-21-10-13-24(28)14-11-21)26(32)18-30(4)36(34,35)25-15-12-22-8-6-7-9-23(22)16-25/h6-16,19-20H,5,17-18H2,1-4H3,(H,29,33)/t19-,20+/m0/s1. The smallest absolute Gasteiger partial charge is 0.243 e. The molecule has 0 saturated carbocycles. The third-order valence-electron chi connectivity index (χ3n) is 6.22. The van der Waals surface area contributed by atoms with Crippen LogP contribution in [-0.4, -0.2) is 55.1 Å². The molecule has 3 aromatic rings. The molecule has 36 heavy (non-hydrogen) atoms. The maximum atomic E-state index is 13.4. The number of likely N-dealkylation sites (N-methyl/N-ethyl adjacent to an activating group) is 1. The van der Waals surface area contributed by atoms with Gasteiger partial charge in [-0.05, 0) is 60.9 Å². The Bertz CT molecular complexity index is 1330. The van der Waals surface area contributed by atoms with Crippen molar-refractivity contribution >= 4 is 32.6 Å². The molecule has 2 atom stereocenters. The Labute approximate surface area is 212 Å². The number of hydrogen-bond acceptors (Lipinski definition) is 4. The van der Waals surface area contributed by atoms with Crippen molar-refractivity contribution in [2.75, 3.05) is 13.6 Å². The number of sulfonamides is 1. The zero-order valence-electron chi connectivity index (χ0n) is 20.9. The van der Waals surface area contributed by atoms with E-state index in [1.807, 2.05) is 38.1 Å². The molecule has 9 heteroatoms. The average molecular weight is 514 g/mol. The fourth-order valence-corrected chi connectivity index (χ4v) is 4.86. The monoisotopic (exact) mass is 513 g/mol. The molecule has 0 spiro atoms. The van der Waals surface area contributed by atoms with Crippen molar-refractivity contribution in [3.63, 3.8) is 0 Å². The van der Waals surface area contributed by atoms with Crippen LogP contribution in [0, 0.1) is 5.82 Å². The molecule has 0 heterocycles. The molecule has 0 saturated heterocycles. The highest BCUT2D eigenvalue weighted by Gasteiger charge is 2.30. The maximum Gasteiger partial charge on any atom is 0.243 e. The highest BCUT2D eigenvalue weighted by molar-refractivity contribution is 7.89. The van der Waals surface area contributed by atoms with Crippen LogP contribution in [0.1, 0.15) is 32.8 Å². The zero-order chi connectivity index (χ0) is 26.5. The molecule has 0 aliphatic rings. The topological polar surface area (TPSA) is 86.8 Å². The van der Waals surface area contributed by atoms with Crippen LogP contribution in [0.15, 0.2) is 71.6 Å². The van der Waals surface area contributed by atoms with Crippen LogP contribution in [-0.2, 0) is 26.2 Å². The molecule has 7 nitrogen and oxygen atoms in total. The first kappa shape index (κ1) is 27.3. The summed E-state index contributed by atoms with van der Waals surface area (Å²) in [6.07, 6.45) is 0.719. The lowest BCUT2D eigenvalue weighted by molar-refractivity contribution is -0.140. The van der Waals surface area contributed by atoms with Gasteiger partial charge in [-0.1, -0.05) is 49.4 Å². The first-order valence-corrected chi connectivity index (χ1v) is 13.3. The number of benzene rings is 3. The lowest BCUT2D eigenvalue weighted by Gasteiger charge is -2.31. The van der Waals surface area contributed by atoms with Crippen molar-refractivity contribution in [1.82, 2.24) is 14.5 Å². The van der Waals surface area contributed by atoms with E-state index < -0.39 is 34.3 Å². The van der Waals surface area contributed by atoms with Gasteiger partial charge in [0.2, 0.25) is 21.8 Å². The lowest BCUT2D eigenvalue weighted by Crippen LogP contribution is -2.51. The SMILES string of the molecule is CC[C@H](C)NC(=O)[C@@H](C)N(Cc1ccc(F)cc1)C(=O)CN(C)S(=O)(=O)c1ccc2ccccc2c1. The van der Waals surface area contributed by atoms with Gasteiger partial charge in [-0.15, -0.1) is 0 Å². The second kappa shape index (κ2) is 11.6. The number of rotatable bonds is 10. The van der Waals surface area contributed by atoms with Gasteiger partial charge < -0.3 is 10.2 Å². The molecule has 0 aliphatic heterocycles. The Kier molecular flexibility index (Phi) is 8.81. The largest absolute Gasteiger partial charge is 0.352 e. The molecular formula is C27H32FN3O4S. The van der Waals surface area contributed by atoms with Gasteiger partial charge in [-0.3, -0.25) is 9.59 Å². The molecule has 0 bridgehead atoms. The van der Waals surface area contributed by atoms with E-state index in [4.69, 9.17) is 0 Å². The minimum atomic E-state index is -3.97. The summed E-state index contributed by atoms with van der Waals surface area (Å²) in [4.78, 5) is 27.6. The van der Waals surface area contributed by atoms with Gasteiger partial charge in [0.05, 0.1) is 11.4 Å². The maximum absolute atomic E-state index is 13.4. The Balaban J connectivity index is 1.84. The highest BCUT2D eigenvalue weighted by Crippen LogP contribution is 2.22. The van der Waals surface area contributed by atoms with Gasteiger partial charge in [0.1, 0.15) is 11.9 Å². The van der Waals surface area contributed by atoms with Crippen LogP contribution in [0.2, 0.25) is 0 Å². The van der Waals surface area contributed by atoms with Gasteiger partial charge in [0.15, 0.2) is 0 Å². The molecule has 3 aromatic carbocycles. The lowest BCUT2D eigenvalue weighted by atomic mass is 10.1. The molecule has 0 aromatic heterocycles. The van der Waals surface area contributed by atoms with Gasteiger partial charge in [-0.2, -0.15) is 4.31 Å². The van der Waals surface area contributed by atoms with Crippen LogP contribution < -0.4 is 5.32 Å². The Hall–Kier alpha value is -3.30. The molecule has 192 valence electrons. The summed E-state index contributed by atoms with van der Waals surface area (Å²) in [5.74, 6) is -1.31. The summed E-state index contributed by atoms with van der Waals surface area (Å²) in [5, 5.41) is 4.54. The molecule has 0 aliphatic carbocycles. The fourth-order valence-electron chi connectivity index (χ4n) is 3.71. The van der Waals surface area contributed by atoms with Gasteiger partial charge in [0, 0.05) is 19.6 Å². The van der Waals surface area contributed by atoms with Crippen molar-refractivity contribution in [2.24, 2.45) is 0 Å². The Morgan fingerprint density at radius 3 is 2.25 bits per heavy atom. The van der Waals surface area contributed by atoms with E-state index >= 15 is 0 Å². The molecule has 2 amide bonds. The number of carbonyl (C=O) groups excluding carboxylic acids is 2.